The van der Waals surface area contributed by atoms with Crippen molar-refractivity contribution in [1.82, 2.24) is 15.5 Å². The van der Waals surface area contributed by atoms with Gasteiger partial charge in [0.1, 0.15) is 5.69 Å². The van der Waals surface area contributed by atoms with Crippen molar-refractivity contribution in [2.45, 2.75) is 63.8 Å². The molecule has 1 aromatic heterocycles. The molecule has 0 bridgehead atoms. The van der Waals surface area contributed by atoms with E-state index in [0.717, 1.165) is 36.9 Å². The van der Waals surface area contributed by atoms with Crippen LogP contribution in [0.3, 0.4) is 0 Å². The molecular weight excluding hydrogens is 298 g/mol. The van der Waals surface area contributed by atoms with E-state index < -0.39 is 0 Å². The normalized spacial score (nSPS) is 18.2. The Morgan fingerprint density at radius 2 is 1.79 bits per heavy atom. The van der Waals surface area contributed by atoms with E-state index in [4.69, 9.17) is 0 Å². The molecule has 0 radical (unpaired) electrons. The van der Waals surface area contributed by atoms with E-state index in [2.05, 4.69) is 33.7 Å². The molecule has 0 unspecified atom stereocenters. The van der Waals surface area contributed by atoms with Crippen LogP contribution in [-0.4, -0.2) is 22.1 Å². The number of nitrogens with zero attached hydrogens (tertiary/aromatic N) is 1. The number of fused-ring (bicyclic) bond motifs is 3. The maximum atomic E-state index is 12.8. The van der Waals surface area contributed by atoms with Crippen LogP contribution in [0.25, 0.3) is 11.3 Å². The molecule has 1 saturated carbocycles. The third-order valence-electron chi connectivity index (χ3n) is 5.45. The van der Waals surface area contributed by atoms with Crippen LogP contribution in [-0.2, 0) is 12.8 Å². The number of benzene rings is 1. The zero-order valence-corrected chi connectivity index (χ0v) is 14.1. The minimum absolute atomic E-state index is 0.0219. The quantitative estimate of drug-likeness (QED) is 0.877. The summed E-state index contributed by atoms with van der Waals surface area (Å²) in [4.78, 5) is 12.8. The zero-order chi connectivity index (χ0) is 16.4. The third-order valence-corrected chi connectivity index (χ3v) is 5.45. The molecule has 0 spiro atoms. The van der Waals surface area contributed by atoms with Crippen molar-refractivity contribution in [2.24, 2.45) is 0 Å². The number of aryl methyl sites for hydroxylation is 1. The smallest absolute Gasteiger partial charge is 0.269 e. The molecule has 1 aromatic carbocycles. The zero-order valence-electron chi connectivity index (χ0n) is 14.1. The van der Waals surface area contributed by atoms with E-state index in [1.807, 2.05) is 6.07 Å². The molecular formula is C20H25N3O. The Balaban J connectivity index is 1.53. The number of aromatic nitrogens is 2. The largest absolute Gasteiger partial charge is 0.348 e. The van der Waals surface area contributed by atoms with Gasteiger partial charge in [-0.2, -0.15) is 5.10 Å². The summed E-state index contributed by atoms with van der Waals surface area (Å²) >= 11 is 0. The predicted octanol–water partition coefficient (Wildman–Crippen LogP) is 4.02. The van der Waals surface area contributed by atoms with Crippen LogP contribution < -0.4 is 5.32 Å². The molecule has 4 nitrogen and oxygen atoms in total. The first-order chi connectivity index (χ1) is 11.8. The highest BCUT2D eigenvalue weighted by molar-refractivity contribution is 5.96. The van der Waals surface area contributed by atoms with Gasteiger partial charge < -0.3 is 5.32 Å². The molecule has 0 atom stereocenters. The summed E-state index contributed by atoms with van der Waals surface area (Å²) in [5.41, 5.74) is 5.20. The van der Waals surface area contributed by atoms with Crippen LogP contribution in [0, 0.1) is 0 Å². The second-order valence-corrected chi connectivity index (χ2v) is 7.10. The maximum Gasteiger partial charge on any atom is 0.269 e. The second-order valence-electron chi connectivity index (χ2n) is 7.10. The summed E-state index contributed by atoms with van der Waals surface area (Å²) in [6.07, 6.45) is 10.4. The van der Waals surface area contributed by atoms with Gasteiger partial charge in [0.2, 0.25) is 0 Å². The number of rotatable bonds is 2. The first-order valence-corrected chi connectivity index (χ1v) is 9.29. The molecule has 2 aromatic rings. The van der Waals surface area contributed by atoms with Gasteiger partial charge in [-0.25, -0.2) is 0 Å². The van der Waals surface area contributed by atoms with Crippen LogP contribution in [0.15, 0.2) is 24.3 Å². The van der Waals surface area contributed by atoms with Crippen molar-refractivity contribution in [3.05, 3.63) is 41.1 Å². The van der Waals surface area contributed by atoms with E-state index >= 15 is 0 Å². The molecule has 1 amide bonds. The van der Waals surface area contributed by atoms with Crippen LogP contribution in [0.2, 0.25) is 0 Å². The number of amides is 1. The fourth-order valence-electron chi connectivity index (χ4n) is 4.11. The average Bonchev–Trinajstić information content (AvgIpc) is 3.01. The van der Waals surface area contributed by atoms with Gasteiger partial charge in [0.15, 0.2) is 0 Å². The van der Waals surface area contributed by atoms with E-state index in [1.54, 1.807) is 0 Å². The lowest BCUT2D eigenvalue weighted by molar-refractivity contribution is 0.0924. The molecule has 4 rings (SSSR count). The summed E-state index contributed by atoms with van der Waals surface area (Å²) in [7, 11) is 0. The second kappa shape index (κ2) is 6.80. The SMILES string of the molecule is O=C(NC1CCCCCCC1)c1[nH]nc2c1CCc1ccccc1-2. The van der Waals surface area contributed by atoms with Crippen molar-refractivity contribution in [1.29, 1.82) is 0 Å². The Morgan fingerprint density at radius 3 is 2.62 bits per heavy atom. The lowest BCUT2D eigenvalue weighted by atomic mass is 9.89. The Labute approximate surface area is 143 Å². The molecule has 2 aliphatic carbocycles. The van der Waals surface area contributed by atoms with Gasteiger partial charge in [0, 0.05) is 17.2 Å². The summed E-state index contributed by atoms with van der Waals surface area (Å²) < 4.78 is 0. The van der Waals surface area contributed by atoms with E-state index in [-0.39, 0.29) is 5.91 Å². The van der Waals surface area contributed by atoms with Crippen LogP contribution in [0.1, 0.15) is 66.6 Å². The van der Waals surface area contributed by atoms with Gasteiger partial charge in [0.25, 0.3) is 5.91 Å². The molecule has 1 heterocycles. The molecule has 1 fully saturated rings. The molecule has 24 heavy (non-hydrogen) atoms. The number of hydrogen-bond donors (Lipinski definition) is 2. The van der Waals surface area contributed by atoms with Crippen LogP contribution >= 0.6 is 0 Å². The molecule has 4 heteroatoms. The van der Waals surface area contributed by atoms with Crippen LogP contribution in [0.5, 0.6) is 0 Å². The summed E-state index contributed by atoms with van der Waals surface area (Å²) in [6.45, 7) is 0. The highest BCUT2D eigenvalue weighted by Crippen LogP contribution is 2.33. The van der Waals surface area contributed by atoms with Gasteiger partial charge in [-0.1, -0.05) is 56.4 Å². The number of hydrogen-bond acceptors (Lipinski definition) is 2. The first kappa shape index (κ1) is 15.4. The number of aromatic amines is 1. The Hall–Kier alpha value is -2.10. The minimum atomic E-state index is 0.0219. The highest BCUT2D eigenvalue weighted by Gasteiger charge is 2.26. The lowest BCUT2D eigenvalue weighted by Crippen LogP contribution is -2.36. The number of carbonyl (C=O) groups is 1. The van der Waals surface area contributed by atoms with Gasteiger partial charge in [-0.15, -0.1) is 0 Å². The topological polar surface area (TPSA) is 57.8 Å². The standard InChI is InChI=1S/C20H25N3O/c24-20(21-15-9-4-2-1-3-5-10-15)19-17-13-12-14-8-6-7-11-16(14)18(17)22-23-19/h6-8,11,15H,1-5,9-10,12-13H2,(H,21,24)(H,22,23). The fraction of sp³-hybridized carbons (Fsp3) is 0.500. The van der Waals surface area contributed by atoms with E-state index in [0.29, 0.717) is 11.7 Å². The fourth-order valence-corrected chi connectivity index (χ4v) is 4.11. The number of nitrogens with one attached hydrogen (secondary N) is 2. The van der Waals surface area contributed by atoms with Crippen molar-refractivity contribution in [2.75, 3.05) is 0 Å². The summed E-state index contributed by atoms with van der Waals surface area (Å²) in [5, 5.41) is 10.7. The van der Waals surface area contributed by atoms with Crippen molar-refractivity contribution in [3.8, 4) is 11.3 Å². The minimum Gasteiger partial charge on any atom is -0.348 e. The van der Waals surface area contributed by atoms with E-state index in [9.17, 15) is 4.79 Å². The Kier molecular flexibility index (Phi) is 4.37. The number of H-pyrrole nitrogens is 1. The van der Waals surface area contributed by atoms with Crippen molar-refractivity contribution < 1.29 is 4.79 Å². The third kappa shape index (κ3) is 2.97. The average molecular weight is 323 g/mol. The van der Waals surface area contributed by atoms with Crippen molar-refractivity contribution in [3.63, 3.8) is 0 Å². The molecule has 0 saturated heterocycles. The van der Waals surface area contributed by atoms with Gasteiger partial charge >= 0.3 is 0 Å². The van der Waals surface area contributed by atoms with Gasteiger partial charge in [0.05, 0.1) is 5.69 Å². The molecule has 126 valence electrons. The van der Waals surface area contributed by atoms with Gasteiger partial charge in [-0.3, -0.25) is 9.89 Å². The molecule has 2 N–H and O–H groups in total. The Bertz CT molecular complexity index is 726. The summed E-state index contributed by atoms with van der Waals surface area (Å²) in [6, 6.07) is 8.68. The lowest BCUT2D eigenvalue weighted by Gasteiger charge is -2.21. The van der Waals surface area contributed by atoms with Gasteiger partial charge in [-0.05, 0) is 31.2 Å². The van der Waals surface area contributed by atoms with Crippen LogP contribution in [0.4, 0.5) is 0 Å². The highest BCUT2D eigenvalue weighted by atomic mass is 16.2. The maximum absolute atomic E-state index is 12.8. The first-order valence-electron chi connectivity index (χ1n) is 9.29. The monoisotopic (exact) mass is 323 g/mol. The van der Waals surface area contributed by atoms with Crippen molar-refractivity contribution >= 4 is 5.91 Å². The Morgan fingerprint density at radius 1 is 1.04 bits per heavy atom. The summed E-state index contributed by atoms with van der Waals surface area (Å²) in [5.74, 6) is 0.0219. The predicted molar refractivity (Wildman–Crippen MR) is 95.0 cm³/mol. The van der Waals surface area contributed by atoms with E-state index in [1.165, 1.54) is 43.2 Å². The molecule has 0 aliphatic heterocycles. The molecule has 2 aliphatic rings. The number of carbonyl (C=O) groups excluding carboxylic acids is 1.